The summed E-state index contributed by atoms with van der Waals surface area (Å²) in [7, 11) is -0.448. The molecule has 1 fully saturated rings. The first-order valence-electron chi connectivity index (χ1n) is 9.93. The van der Waals surface area contributed by atoms with Crippen LogP contribution in [0.5, 0.6) is 0 Å². The number of anilines is 1. The molecule has 1 amide bonds. The van der Waals surface area contributed by atoms with Gasteiger partial charge in [-0.1, -0.05) is 0 Å². The van der Waals surface area contributed by atoms with Crippen LogP contribution < -0.4 is 22.1 Å². The molecule has 0 bridgehead atoms. The molecule has 13 heteroatoms. The second-order valence-electron chi connectivity index (χ2n) is 6.85. The van der Waals surface area contributed by atoms with Gasteiger partial charge in [0, 0.05) is 53.4 Å². The summed E-state index contributed by atoms with van der Waals surface area (Å²) in [4.78, 5) is 35.1. The van der Waals surface area contributed by atoms with Gasteiger partial charge in [0.2, 0.25) is 5.91 Å². The number of aliphatic hydroxyl groups is 1. The average Bonchev–Trinajstić information content (AvgIpc) is 3.39. The number of carbonyl (C=O) groups excluding carboxylic acids is 1. The largest absolute Gasteiger partial charge is 0.390 e. The Kier molecular flexibility index (Phi) is 7.38. The van der Waals surface area contributed by atoms with Gasteiger partial charge in [-0.25, -0.2) is 9.78 Å². The smallest absolute Gasteiger partial charge is 0.351 e. The molecule has 0 aromatic carbocycles. The fourth-order valence-electron chi connectivity index (χ4n) is 3.08. The third-order valence-corrected chi connectivity index (χ3v) is 4.82. The Morgan fingerprint density at radius 2 is 2.47 bits per heavy atom. The third-order valence-electron chi connectivity index (χ3n) is 4.65. The summed E-state index contributed by atoms with van der Waals surface area (Å²) in [6, 6.07) is 0.915. The number of amides is 1. The van der Waals surface area contributed by atoms with Crippen LogP contribution in [0.4, 0.5) is 5.82 Å². The number of nitrogens with two attached hydrogens (primary N) is 1. The lowest BCUT2D eigenvalue weighted by Gasteiger charge is -2.15. The van der Waals surface area contributed by atoms with E-state index in [4.69, 9.17) is 16.3 Å². The maximum Gasteiger partial charge on any atom is 0.351 e. The van der Waals surface area contributed by atoms with Gasteiger partial charge in [-0.2, -0.15) is 4.98 Å². The van der Waals surface area contributed by atoms with E-state index in [1.807, 2.05) is 0 Å². The van der Waals surface area contributed by atoms with Crippen LogP contribution in [0, 0.1) is 0 Å². The first-order valence-corrected chi connectivity index (χ1v) is 9.84. The normalized spacial score (nSPS) is 22.9. The van der Waals surface area contributed by atoms with Crippen LogP contribution in [-0.2, 0) is 20.5 Å². The second-order valence-corrected chi connectivity index (χ2v) is 7.14. The zero-order chi connectivity index (χ0) is 22.2. The van der Waals surface area contributed by atoms with E-state index in [1.165, 1.54) is 17.1 Å². The van der Waals surface area contributed by atoms with Crippen LogP contribution in [-0.4, -0.2) is 69.8 Å². The molecule has 1 aliphatic heterocycles. The van der Waals surface area contributed by atoms with Crippen LogP contribution >= 0.6 is 9.41 Å². The van der Waals surface area contributed by atoms with Crippen molar-refractivity contribution in [3.8, 4) is 0 Å². The predicted molar refractivity (Wildman–Crippen MR) is 110 cm³/mol. The van der Waals surface area contributed by atoms with Crippen molar-refractivity contribution in [1.29, 1.82) is 1.28 Å². The SMILES string of the molecule is [3H]POCC1OC(n2ccc(NCCNC(=O)C(N)Cc3cnc[nH]3)nc2=O)CC1O. The van der Waals surface area contributed by atoms with Gasteiger partial charge in [-0.05, 0) is 6.07 Å². The average molecular weight is 441 g/mol. The first-order chi connectivity index (χ1) is 15.0. The summed E-state index contributed by atoms with van der Waals surface area (Å²) in [5.41, 5.74) is 6.11. The monoisotopic (exact) mass is 441 g/mol. The van der Waals surface area contributed by atoms with Crippen molar-refractivity contribution in [3.63, 3.8) is 0 Å². The molecular formula is C17H26N7O5P. The summed E-state index contributed by atoms with van der Waals surface area (Å²) >= 11 is 0. The molecule has 5 unspecified atom stereocenters. The van der Waals surface area contributed by atoms with Crippen LogP contribution in [0.25, 0.3) is 0 Å². The predicted octanol–water partition coefficient (Wildman–Crippen LogP) is -1.48. The number of carbonyl (C=O) groups is 1. The van der Waals surface area contributed by atoms with Gasteiger partial charge in [-0.15, -0.1) is 0 Å². The number of H-pyrrole nitrogens is 1. The molecule has 164 valence electrons. The van der Waals surface area contributed by atoms with E-state index in [2.05, 4.69) is 25.6 Å². The van der Waals surface area contributed by atoms with Crippen LogP contribution in [0.1, 0.15) is 18.3 Å². The standard InChI is InChI=1S/C17H26N7O5P/c18-11(5-10-7-19-9-22-10)16(26)21-3-2-20-14-1-4-24(17(27)23-14)15-6-12(25)13(29-15)8-28-30/h1,4,7,9,11-13,15,25H,2-3,5-6,8,18,30H2,(H,19,22)(H,21,26)(H,20,23,27)/i30T. The molecule has 1 saturated heterocycles. The van der Waals surface area contributed by atoms with Gasteiger partial charge in [0.15, 0.2) is 0 Å². The van der Waals surface area contributed by atoms with Crippen molar-refractivity contribution in [1.82, 2.24) is 24.8 Å². The fourth-order valence-corrected chi connectivity index (χ4v) is 3.25. The number of nitrogens with one attached hydrogen (secondary N) is 3. The molecule has 3 heterocycles. The highest BCUT2D eigenvalue weighted by Gasteiger charge is 2.35. The number of imidazole rings is 1. The summed E-state index contributed by atoms with van der Waals surface area (Å²) in [5, 5.41) is 15.7. The second kappa shape index (κ2) is 10.6. The lowest BCUT2D eigenvalue weighted by atomic mass is 10.1. The third kappa shape index (κ3) is 5.83. The zero-order valence-electron chi connectivity index (χ0n) is 17.2. The molecule has 0 spiro atoms. The molecule has 6 N–H and O–H groups in total. The minimum absolute atomic E-state index is 0.0959. The fraction of sp³-hybridized carbons (Fsp3) is 0.529. The van der Waals surface area contributed by atoms with Crippen LogP contribution in [0.15, 0.2) is 29.6 Å². The molecule has 5 atom stereocenters. The Morgan fingerprint density at radius 3 is 3.20 bits per heavy atom. The van der Waals surface area contributed by atoms with E-state index in [0.29, 0.717) is 25.3 Å². The van der Waals surface area contributed by atoms with E-state index >= 15 is 0 Å². The lowest BCUT2D eigenvalue weighted by Crippen LogP contribution is -2.43. The highest BCUT2D eigenvalue weighted by molar-refractivity contribution is 7.09. The van der Waals surface area contributed by atoms with Gasteiger partial charge in [0.1, 0.15) is 18.1 Å². The van der Waals surface area contributed by atoms with Crippen LogP contribution in [0.3, 0.4) is 0 Å². The minimum Gasteiger partial charge on any atom is -0.390 e. The number of ether oxygens (including phenoxy) is 1. The van der Waals surface area contributed by atoms with Crippen molar-refractivity contribution in [3.05, 3.63) is 41.0 Å². The number of aromatic amines is 1. The maximum atomic E-state index is 12.3. The Balaban J connectivity index is 1.43. The number of nitrogens with zero attached hydrogens (tertiary/aromatic N) is 3. The summed E-state index contributed by atoms with van der Waals surface area (Å²) < 4.78 is 19.0. The van der Waals surface area contributed by atoms with Crippen molar-refractivity contribution in [2.75, 3.05) is 25.0 Å². The highest BCUT2D eigenvalue weighted by Crippen LogP contribution is 2.28. The Labute approximate surface area is 176 Å². The molecule has 0 radical (unpaired) electrons. The topological polar surface area (TPSA) is 169 Å². The molecule has 0 aliphatic carbocycles. The molecule has 3 rings (SSSR count). The summed E-state index contributed by atoms with van der Waals surface area (Å²) in [5.74, 6) is 0.0623. The number of aliphatic hydroxyl groups excluding tert-OH is 1. The number of hydrogen-bond donors (Lipinski definition) is 5. The molecule has 2 aromatic rings. The van der Waals surface area contributed by atoms with Gasteiger partial charge in [0.05, 0.1) is 26.4 Å². The summed E-state index contributed by atoms with van der Waals surface area (Å²) in [6.45, 7) is 0.750. The minimum atomic E-state index is -0.783. The van der Waals surface area contributed by atoms with Gasteiger partial charge in [0.25, 0.3) is 0 Å². The number of hydrogen-bond acceptors (Lipinski definition) is 9. The van der Waals surface area contributed by atoms with E-state index in [9.17, 15) is 14.7 Å². The van der Waals surface area contributed by atoms with Gasteiger partial charge >= 0.3 is 5.69 Å². The Hall–Kier alpha value is -2.37. The lowest BCUT2D eigenvalue weighted by molar-refractivity contribution is -0.122. The van der Waals surface area contributed by atoms with Gasteiger partial charge < -0.3 is 35.7 Å². The Bertz CT molecular complexity index is 899. The van der Waals surface area contributed by atoms with E-state index < -0.39 is 39.6 Å². The molecule has 1 aliphatic rings. The molecule has 12 nitrogen and oxygen atoms in total. The number of rotatable bonds is 11. The van der Waals surface area contributed by atoms with E-state index in [1.54, 1.807) is 12.3 Å². The molecule has 30 heavy (non-hydrogen) atoms. The maximum absolute atomic E-state index is 12.3. The zero-order valence-corrected chi connectivity index (χ0v) is 17.2. The van der Waals surface area contributed by atoms with Crippen LogP contribution in [0.2, 0.25) is 0 Å². The van der Waals surface area contributed by atoms with Crippen molar-refractivity contribution in [2.24, 2.45) is 5.73 Å². The van der Waals surface area contributed by atoms with Crippen molar-refractivity contribution < 1.29 is 19.2 Å². The molecular weight excluding hydrogens is 413 g/mol. The first kappa shape index (κ1) is 20.9. The molecule has 0 saturated carbocycles. The number of aromatic nitrogens is 4. The quantitative estimate of drug-likeness (QED) is 0.206. The van der Waals surface area contributed by atoms with E-state index in [0.717, 1.165) is 5.69 Å². The Morgan fingerprint density at radius 1 is 1.60 bits per heavy atom. The van der Waals surface area contributed by atoms with Crippen molar-refractivity contribution in [2.45, 2.75) is 37.3 Å². The summed E-state index contributed by atoms with van der Waals surface area (Å²) in [6.07, 6.45) is 3.24. The molecule has 2 aromatic heterocycles. The highest BCUT2D eigenvalue weighted by atomic mass is 31.0. The van der Waals surface area contributed by atoms with Crippen molar-refractivity contribution >= 4 is 21.1 Å². The van der Waals surface area contributed by atoms with E-state index in [-0.39, 0.29) is 18.9 Å². The van der Waals surface area contributed by atoms with Gasteiger partial charge in [-0.3, -0.25) is 9.36 Å².